The summed E-state index contributed by atoms with van der Waals surface area (Å²) in [5.41, 5.74) is 3.32. The van der Waals surface area contributed by atoms with Crippen LogP contribution in [0.4, 0.5) is 5.69 Å². The second-order valence-corrected chi connectivity index (χ2v) is 6.59. The average Bonchev–Trinajstić information content (AvgIpc) is 3.04. The number of nitrogens with zero attached hydrogens (tertiary/aromatic N) is 3. The number of amides is 1. The molecule has 5 nitrogen and oxygen atoms in total. The zero-order chi connectivity index (χ0) is 17.1. The summed E-state index contributed by atoms with van der Waals surface area (Å²) in [5.74, 6) is -0.0844. The van der Waals surface area contributed by atoms with Crippen molar-refractivity contribution in [2.75, 3.05) is 18.9 Å². The Kier molecular flexibility index (Phi) is 5.08. The van der Waals surface area contributed by atoms with Crippen LogP contribution >= 0.6 is 23.3 Å². The molecule has 0 radical (unpaired) electrons. The molecule has 0 saturated heterocycles. The van der Waals surface area contributed by atoms with Gasteiger partial charge in [0.25, 0.3) is 0 Å². The number of fused-ring (bicyclic) bond motifs is 1. The van der Waals surface area contributed by atoms with Gasteiger partial charge in [-0.2, -0.15) is 8.75 Å². The van der Waals surface area contributed by atoms with Gasteiger partial charge in [-0.25, -0.2) is 0 Å². The average molecular weight is 361 g/mol. The molecular formula is C17H17ClN4OS. The van der Waals surface area contributed by atoms with E-state index in [9.17, 15) is 4.79 Å². The summed E-state index contributed by atoms with van der Waals surface area (Å²) in [6.07, 6.45) is 0. The highest BCUT2D eigenvalue weighted by Gasteiger charge is 2.16. The fourth-order valence-electron chi connectivity index (χ4n) is 2.46. The second kappa shape index (κ2) is 7.25. The summed E-state index contributed by atoms with van der Waals surface area (Å²) in [4.78, 5) is 14.3. The molecule has 2 aromatic carbocycles. The first-order valence-electron chi connectivity index (χ1n) is 7.51. The van der Waals surface area contributed by atoms with E-state index in [0.717, 1.165) is 28.3 Å². The number of hydrogen-bond acceptors (Lipinski definition) is 5. The van der Waals surface area contributed by atoms with Crippen LogP contribution < -0.4 is 5.32 Å². The summed E-state index contributed by atoms with van der Waals surface area (Å²) in [6.45, 7) is 2.33. The zero-order valence-electron chi connectivity index (χ0n) is 13.4. The molecule has 1 heterocycles. The van der Waals surface area contributed by atoms with Crippen LogP contribution in [0.5, 0.6) is 0 Å². The Morgan fingerprint density at radius 3 is 2.75 bits per heavy atom. The van der Waals surface area contributed by atoms with Crippen molar-refractivity contribution in [1.82, 2.24) is 13.6 Å². The summed E-state index contributed by atoms with van der Waals surface area (Å²) in [5, 5.41) is 3.62. The molecule has 7 heteroatoms. The largest absolute Gasteiger partial charge is 0.323 e. The van der Waals surface area contributed by atoms with Crippen LogP contribution in [0.3, 0.4) is 0 Å². The molecule has 0 saturated carbocycles. The topological polar surface area (TPSA) is 58.1 Å². The number of hydrogen-bond donors (Lipinski definition) is 1. The highest BCUT2D eigenvalue weighted by Crippen LogP contribution is 2.22. The Morgan fingerprint density at radius 1 is 1.25 bits per heavy atom. The molecular weight excluding hydrogens is 344 g/mol. The number of anilines is 1. The lowest BCUT2D eigenvalue weighted by molar-refractivity contribution is -0.117. The van der Waals surface area contributed by atoms with E-state index in [1.54, 1.807) is 0 Å². The van der Waals surface area contributed by atoms with Crippen LogP contribution in [0, 0.1) is 0 Å². The highest BCUT2D eigenvalue weighted by atomic mass is 35.5. The first-order valence-corrected chi connectivity index (χ1v) is 8.62. The molecule has 1 amide bonds. The van der Waals surface area contributed by atoms with Crippen LogP contribution in [0.2, 0.25) is 5.02 Å². The minimum absolute atomic E-state index is 0.0844. The highest BCUT2D eigenvalue weighted by molar-refractivity contribution is 7.00. The fourth-order valence-corrected chi connectivity index (χ4v) is 3.13. The van der Waals surface area contributed by atoms with Gasteiger partial charge < -0.3 is 5.32 Å². The van der Waals surface area contributed by atoms with Crippen molar-refractivity contribution < 1.29 is 4.79 Å². The van der Waals surface area contributed by atoms with Gasteiger partial charge in [0.05, 0.1) is 24.0 Å². The second-order valence-electron chi connectivity index (χ2n) is 5.63. The number of benzene rings is 2. The van der Waals surface area contributed by atoms with Crippen LogP contribution in [-0.4, -0.2) is 33.1 Å². The molecule has 24 heavy (non-hydrogen) atoms. The lowest BCUT2D eigenvalue weighted by Crippen LogP contribution is -2.32. The van der Waals surface area contributed by atoms with E-state index in [1.807, 2.05) is 54.4 Å². The van der Waals surface area contributed by atoms with Gasteiger partial charge in [0.2, 0.25) is 5.91 Å². The molecule has 0 spiro atoms. The van der Waals surface area contributed by atoms with Gasteiger partial charge in [-0.1, -0.05) is 29.8 Å². The van der Waals surface area contributed by atoms with Crippen molar-refractivity contribution in [3.63, 3.8) is 0 Å². The van der Waals surface area contributed by atoms with Crippen LogP contribution in [-0.2, 0) is 4.79 Å². The van der Waals surface area contributed by atoms with E-state index < -0.39 is 0 Å². The maximum absolute atomic E-state index is 12.4. The van der Waals surface area contributed by atoms with E-state index >= 15 is 0 Å². The van der Waals surface area contributed by atoms with E-state index in [-0.39, 0.29) is 18.5 Å². The number of aromatic nitrogens is 2. The Bertz CT molecular complexity index is 849. The van der Waals surface area contributed by atoms with Gasteiger partial charge >= 0.3 is 0 Å². The molecule has 1 atom stereocenters. The molecule has 124 valence electrons. The first kappa shape index (κ1) is 16.8. The van der Waals surface area contributed by atoms with Crippen molar-refractivity contribution in [2.24, 2.45) is 0 Å². The number of halogens is 1. The van der Waals surface area contributed by atoms with Crippen LogP contribution in [0.25, 0.3) is 11.0 Å². The number of nitrogens with one attached hydrogen (secondary N) is 1. The molecule has 1 aromatic heterocycles. The van der Waals surface area contributed by atoms with Crippen molar-refractivity contribution in [1.29, 1.82) is 0 Å². The van der Waals surface area contributed by atoms with Gasteiger partial charge in [-0.3, -0.25) is 9.69 Å². The number of carbonyl (C=O) groups is 1. The Hall–Kier alpha value is -2.02. The van der Waals surface area contributed by atoms with Gasteiger partial charge in [0.15, 0.2) is 0 Å². The summed E-state index contributed by atoms with van der Waals surface area (Å²) >= 11 is 7.06. The van der Waals surface area contributed by atoms with Gasteiger partial charge in [-0.05, 0) is 43.8 Å². The maximum Gasteiger partial charge on any atom is 0.238 e. The molecule has 3 aromatic rings. The monoisotopic (exact) mass is 360 g/mol. The van der Waals surface area contributed by atoms with Gasteiger partial charge in [0, 0.05) is 11.1 Å². The fraction of sp³-hybridized carbons (Fsp3) is 0.235. The van der Waals surface area contributed by atoms with E-state index in [1.165, 1.54) is 0 Å². The smallest absolute Gasteiger partial charge is 0.238 e. The summed E-state index contributed by atoms with van der Waals surface area (Å²) in [6, 6.07) is 13.3. The van der Waals surface area contributed by atoms with E-state index in [0.29, 0.717) is 10.7 Å². The lowest BCUT2D eigenvalue weighted by atomic mass is 10.1. The van der Waals surface area contributed by atoms with E-state index in [2.05, 4.69) is 21.0 Å². The molecule has 3 rings (SSSR count). The number of likely N-dealkylation sites (N-methyl/N-ethyl adjacent to an activating group) is 1. The SMILES string of the molecule is CC(c1ccc(Cl)cc1)N(C)CC(=O)Nc1cccc2nsnc12. The van der Waals surface area contributed by atoms with Crippen LogP contribution in [0.15, 0.2) is 42.5 Å². The quantitative estimate of drug-likeness (QED) is 0.747. The molecule has 0 fully saturated rings. The molecule has 0 aliphatic heterocycles. The zero-order valence-corrected chi connectivity index (χ0v) is 14.9. The van der Waals surface area contributed by atoms with Crippen molar-refractivity contribution in [3.8, 4) is 0 Å². The molecule has 0 aliphatic rings. The van der Waals surface area contributed by atoms with Crippen molar-refractivity contribution in [3.05, 3.63) is 53.1 Å². The van der Waals surface area contributed by atoms with Gasteiger partial charge in [0.1, 0.15) is 11.0 Å². The summed E-state index contributed by atoms with van der Waals surface area (Å²) < 4.78 is 8.41. The predicted octanol–water partition coefficient (Wildman–Crippen LogP) is 3.98. The summed E-state index contributed by atoms with van der Waals surface area (Å²) in [7, 11) is 1.92. The molecule has 0 aliphatic carbocycles. The molecule has 1 unspecified atom stereocenters. The minimum Gasteiger partial charge on any atom is -0.323 e. The van der Waals surface area contributed by atoms with Gasteiger partial charge in [-0.15, -0.1) is 0 Å². The Labute approximate surface area is 149 Å². The lowest BCUT2D eigenvalue weighted by Gasteiger charge is -2.24. The van der Waals surface area contributed by atoms with Crippen LogP contribution in [0.1, 0.15) is 18.5 Å². The molecule has 0 bridgehead atoms. The van der Waals surface area contributed by atoms with Crippen molar-refractivity contribution >= 4 is 46.0 Å². The molecule has 1 N–H and O–H groups in total. The third-order valence-corrected chi connectivity index (χ3v) is 4.76. The first-order chi connectivity index (χ1) is 11.5. The minimum atomic E-state index is -0.0844. The Morgan fingerprint density at radius 2 is 2.00 bits per heavy atom. The Balaban J connectivity index is 1.65. The maximum atomic E-state index is 12.4. The normalized spacial score (nSPS) is 12.5. The predicted molar refractivity (Wildman–Crippen MR) is 98.5 cm³/mol. The number of carbonyl (C=O) groups excluding carboxylic acids is 1. The number of rotatable bonds is 5. The van der Waals surface area contributed by atoms with E-state index in [4.69, 9.17) is 11.6 Å². The standard InChI is InChI=1S/C17H17ClN4OS/c1-11(12-6-8-13(18)9-7-12)22(2)10-16(23)19-14-4-3-5-15-17(14)21-24-20-15/h3-9,11H,10H2,1-2H3,(H,19,23). The third kappa shape index (κ3) is 3.72. The van der Waals surface area contributed by atoms with Crippen molar-refractivity contribution in [2.45, 2.75) is 13.0 Å². The third-order valence-electron chi connectivity index (χ3n) is 3.97.